The number of benzene rings is 3. The van der Waals surface area contributed by atoms with Gasteiger partial charge in [0.05, 0.1) is 5.02 Å². The van der Waals surface area contributed by atoms with E-state index in [4.69, 9.17) is 16.4 Å². The molecule has 4 rings (SSSR count). The van der Waals surface area contributed by atoms with E-state index >= 15 is 0 Å². The third kappa shape index (κ3) is 7.57. The van der Waals surface area contributed by atoms with Gasteiger partial charge in [-0.15, -0.1) is 11.8 Å². The predicted molar refractivity (Wildman–Crippen MR) is 151 cm³/mol. The minimum absolute atomic E-state index is 0.0578. The molecule has 1 amide bonds. The van der Waals surface area contributed by atoms with Gasteiger partial charge >= 0.3 is 0 Å². The normalized spacial score (nSPS) is 19.6. The Morgan fingerprint density at radius 1 is 1.10 bits per heavy atom. The predicted octanol–water partition coefficient (Wildman–Crippen LogP) is 8.88. The summed E-state index contributed by atoms with van der Waals surface area (Å²) in [5.41, 5.74) is 0.508. The standard InChI is InChI=1S/C30H29ClF4N2O2S/c1-17(15-36-39-16-21-5-3-4-6-24(21)32)11-19-8-7-18(2)29(19)40-27-12-20(9-10-23(27)31)30(38)37-22-13-25(33)28(35)26(34)14-22/h3-6,9-10,12-15,17-19,29H,7-8,11,16H2,1-2H3,(H,37,38)/b36-15+. The SMILES string of the molecule is CC(/C=N/OCc1ccccc1F)CC1CCC(C)C1Sc1cc(C(=O)Nc2cc(F)c(F)c(F)c2)ccc1Cl. The number of carbonyl (C=O) groups excluding carboxylic acids is 1. The molecule has 212 valence electrons. The van der Waals surface area contributed by atoms with Gasteiger partial charge in [-0.1, -0.05) is 48.8 Å². The fraction of sp³-hybridized carbons (Fsp3) is 0.333. The number of amides is 1. The van der Waals surface area contributed by atoms with Crippen molar-refractivity contribution in [3.05, 3.63) is 94.0 Å². The summed E-state index contributed by atoms with van der Waals surface area (Å²) in [5.74, 6) is -4.40. The maximum Gasteiger partial charge on any atom is 0.255 e. The highest BCUT2D eigenvalue weighted by atomic mass is 35.5. The molecular weight excluding hydrogens is 564 g/mol. The van der Waals surface area contributed by atoms with Crippen molar-refractivity contribution in [1.29, 1.82) is 0 Å². The second-order valence-corrected chi connectivity index (χ2v) is 11.7. The number of anilines is 1. The Bertz CT molecular complexity index is 1370. The molecule has 0 spiro atoms. The molecule has 40 heavy (non-hydrogen) atoms. The molecule has 0 saturated heterocycles. The van der Waals surface area contributed by atoms with Gasteiger partial charge in [0.1, 0.15) is 12.4 Å². The molecule has 0 bridgehead atoms. The van der Waals surface area contributed by atoms with Crippen LogP contribution in [0.3, 0.4) is 0 Å². The lowest BCUT2D eigenvalue weighted by Crippen LogP contribution is -2.19. The van der Waals surface area contributed by atoms with Crippen LogP contribution >= 0.6 is 23.4 Å². The molecule has 1 N–H and O–H groups in total. The van der Waals surface area contributed by atoms with Gasteiger partial charge < -0.3 is 10.2 Å². The minimum atomic E-state index is -1.60. The molecular formula is C30H29ClF4N2O2S. The van der Waals surface area contributed by atoms with E-state index in [1.165, 1.54) is 12.1 Å². The molecule has 0 radical (unpaired) electrons. The molecule has 0 heterocycles. The van der Waals surface area contributed by atoms with Gasteiger partial charge in [0.2, 0.25) is 0 Å². The Morgan fingerprint density at radius 2 is 1.82 bits per heavy atom. The second kappa shape index (κ2) is 13.5. The Morgan fingerprint density at radius 3 is 2.55 bits per heavy atom. The number of nitrogens with zero attached hydrogens (tertiary/aromatic N) is 1. The van der Waals surface area contributed by atoms with Crippen LogP contribution in [0.5, 0.6) is 0 Å². The van der Waals surface area contributed by atoms with E-state index in [0.29, 0.717) is 22.4 Å². The maximum atomic E-state index is 13.7. The molecule has 10 heteroatoms. The third-order valence-corrected chi connectivity index (χ3v) is 9.11. The molecule has 0 aromatic heterocycles. The maximum absolute atomic E-state index is 13.7. The van der Waals surface area contributed by atoms with Crippen LogP contribution < -0.4 is 5.32 Å². The van der Waals surface area contributed by atoms with Gasteiger partial charge in [0.25, 0.3) is 5.91 Å². The van der Waals surface area contributed by atoms with Crippen LogP contribution in [-0.4, -0.2) is 17.4 Å². The van der Waals surface area contributed by atoms with Gasteiger partial charge in [-0.05, 0) is 61.3 Å². The van der Waals surface area contributed by atoms with Crippen molar-refractivity contribution in [3.8, 4) is 0 Å². The van der Waals surface area contributed by atoms with Gasteiger partial charge in [0.15, 0.2) is 17.5 Å². The summed E-state index contributed by atoms with van der Waals surface area (Å²) in [5, 5.41) is 7.18. The zero-order chi connectivity index (χ0) is 28.8. The van der Waals surface area contributed by atoms with Crippen molar-refractivity contribution in [2.24, 2.45) is 22.9 Å². The van der Waals surface area contributed by atoms with Crippen molar-refractivity contribution in [2.45, 2.75) is 49.9 Å². The van der Waals surface area contributed by atoms with Gasteiger partial charge in [-0.2, -0.15) is 0 Å². The summed E-state index contributed by atoms with van der Waals surface area (Å²) in [6, 6.07) is 12.6. The quantitative estimate of drug-likeness (QED) is 0.111. The summed E-state index contributed by atoms with van der Waals surface area (Å²) in [6.45, 7) is 4.30. The zero-order valence-corrected chi connectivity index (χ0v) is 23.5. The lowest BCUT2D eigenvalue weighted by Gasteiger charge is -2.24. The third-order valence-electron chi connectivity index (χ3n) is 6.96. The molecule has 0 aliphatic heterocycles. The van der Waals surface area contributed by atoms with E-state index in [-0.39, 0.29) is 34.8 Å². The van der Waals surface area contributed by atoms with E-state index in [1.54, 1.807) is 48.3 Å². The van der Waals surface area contributed by atoms with Crippen LogP contribution in [-0.2, 0) is 11.4 Å². The average Bonchev–Trinajstić information content (AvgIpc) is 3.25. The molecule has 4 nitrogen and oxygen atoms in total. The molecule has 1 saturated carbocycles. The molecule has 3 aromatic rings. The highest BCUT2D eigenvalue weighted by Crippen LogP contribution is 2.46. The average molecular weight is 593 g/mol. The number of nitrogens with one attached hydrogen (secondary N) is 1. The number of hydrogen-bond acceptors (Lipinski definition) is 4. The second-order valence-electron chi connectivity index (χ2n) is 10.1. The molecule has 1 aliphatic carbocycles. The lowest BCUT2D eigenvalue weighted by atomic mass is 9.94. The van der Waals surface area contributed by atoms with Crippen LogP contribution in [0, 0.1) is 41.0 Å². The fourth-order valence-corrected chi connectivity index (χ4v) is 6.58. The van der Waals surface area contributed by atoms with Crippen LogP contribution in [0.2, 0.25) is 5.02 Å². The molecule has 4 unspecified atom stereocenters. The summed E-state index contributed by atoms with van der Waals surface area (Å²) in [7, 11) is 0. The number of rotatable bonds is 10. The number of halogens is 5. The summed E-state index contributed by atoms with van der Waals surface area (Å²) >= 11 is 8.10. The number of thioether (sulfide) groups is 1. The van der Waals surface area contributed by atoms with Crippen LogP contribution in [0.1, 0.15) is 49.0 Å². The highest BCUT2D eigenvalue weighted by molar-refractivity contribution is 8.00. The van der Waals surface area contributed by atoms with Crippen molar-refractivity contribution >= 4 is 41.2 Å². The van der Waals surface area contributed by atoms with Crippen molar-refractivity contribution in [1.82, 2.24) is 0 Å². The highest BCUT2D eigenvalue weighted by Gasteiger charge is 2.35. The largest absolute Gasteiger partial charge is 0.391 e. The van der Waals surface area contributed by atoms with E-state index in [2.05, 4.69) is 24.3 Å². The van der Waals surface area contributed by atoms with Crippen LogP contribution in [0.4, 0.5) is 23.2 Å². The number of oxime groups is 1. The molecule has 1 aliphatic rings. The summed E-state index contributed by atoms with van der Waals surface area (Å²) < 4.78 is 54.1. The Hall–Kier alpha value is -3.04. The molecule has 1 fully saturated rings. The lowest BCUT2D eigenvalue weighted by molar-refractivity contribution is 0.102. The minimum Gasteiger partial charge on any atom is -0.391 e. The topological polar surface area (TPSA) is 50.7 Å². The molecule has 3 aromatic carbocycles. The van der Waals surface area contributed by atoms with Gasteiger partial charge in [-0.3, -0.25) is 4.79 Å². The fourth-order valence-electron chi connectivity index (χ4n) is 4.85. The smallest absolute Gasteiger partial charge is 0.255 e. The summed E-state index contributed by atoms with van der Waals surface area (Å²) in [6.07, 6.45) is 4.70. The first-order chi connectivity index (χ1) is 19.1. The van der Waals surface area contributed by atoms with Crippen LogP contribution in [0.15, 0.2) is 64.6 Å². The van der Waals surface area contributed by atoms with E-state index < -0.39 is 23.4 Å². The first-order valence-corrected chi connectivity index (χ1v) is 14.2. The monoisotopic (exact) mass is 592 g/mol. The number of hydrogen-bond donors (Lipinski definition) is 1. The van der Waals surface area contributed by atoms with Crippen molar-refractivity contribution < 1.29 is 27.2 Å². The van der Waals surface area contributed by atoms with Gasteiger partial charge in [-0.25, -0.2) is 17.6 Å². The van der Waals surface area contributed by atoms with E-state index in [9.17, 15) is 22.4 Å². The first kappa shape index (κ1) is 29.9. The number of carbonyl (C=O) groups is 1. The van der Waals surface area contributed by atoms with Gasteiger partial charge in [0, 0.05) is 45.3 Å². The van der Waals surface area contributed by atoms with Crippen molar-refractivity contribution in [3.63, 3.8) is 0 Å². The molecule has 4 atom stereocenters. The van der Waals surface area contributed by atoms with Crippen molar-refractivity contribution in [2.75, 3.05) is 5.32 Å². The Labute approximate surface area is 240 Å². The first-order valence-electron chi connectivity index (χ1n) is 12.9. The Balaban J connectivity index is 1.38. The summed E-state index contributed by atoms with van der Waals surface area (Å²) in [4.78, 5) is 18.8. The van der Waals surface area contributed by atoms with Crippen LogP contribution in [0.25, 0.3) is 0 Å². The Kier molecular flexibility index (Phi) is 10.1. The van der Waals surface area contributed by atoms with E-state index in [1.807, 2.05) is 0 Å². The zero-order valence-electron chi connectivity index (χ0n) is 22.0. The van der Waals surface area contributed by atoms with E-state index in [0.717, 1.165) is 36.3 Å².